The predicted molar refractivity (Wildman–Crippen MR) is 155 cm³/mol. The lowest BCUT2D eigenvalue weighted by Crippen LogP contribution is -2.34. The average molecular weight is 547 g/mol. The van der Waals surface area contributed by atoms with Crippen molar-refractivity contribution in [2.45, 2.75) is 32.6 Å². The third kappa shape index (κ3) is 5.80. The summed E-state index contributed by atoms with van der Waals surface area (Å²) in [4.78, 5) is 19.1. The monoisotopic (exact) mass is 546 g/mol. The van der Waals surface area contributed by atoms with Gasteiger partial charge >= 0.3 is 0 Å². The van der Waals surface area contributed by atoms with E-state index in [4.69, 9.17) is 9.15 Å². The van der Waals surface area contributed by atoms with Gasteiger partial charge in [-0.15, -0.1) is 5.10 Å². The molecule has 1 N–H and O–H groups in total. The van der Waals surface area contributed by atoms with Gasteiger partial charge in [0.1, 0.15) is 17.6 Å². The zero-order valence-electron chi connectivity index (χ0n) is 22.9. The van der Waals surface area contributed by atoms with Crippen LogP contribution in [0, 0.1) is 6.92 Å². The summed E-state index contributed by atoms with van der Waals surface area (Å²) >= 11 is 0. The summed E-state index contributed by atoms with van der Waals surface area (Å²) in [6, 6.07) is 29.1. The fourth-order valence-electron chi connectivity index (χ4n) is 5.12. The maximum atomic E-state index is 13.8. The second kappa shape index (κ2) is 11.6. The lowest BCUT2D eigenvalue weighted by atomic mass is 10.0. The number of aryl methyl sites for hydroxylation is 1. The van der Waals surface area contributed by atoms with Crippen molar-refractivity contribution >= 4 is 10.9 Å². The van der Waals surface area contributed by atoms with Crippen molar-refractivity contribution in [1.82, 2.24) is 30.1 Å². The molecule has 0 amide bonds. The SMILES string of the molecule is COc1ccc(CN(Cc2ccco2)[C@H](c2cc3ccc(C)cc3[nH]c2=O)c2nnnn2Cc2ccccc2)cc1. The number of furan rings is 1. The number of rotatable bonds is 10. The van der Waals surface area contributed by atoms with Gasteiger partial charge in [0.15, 0.2) is 5.82 Å². The van der Waals surface area contributed by atoms with E-state index in [0.29, 0.717) is 31.0 Å². The van der Waals surface area contributed by atoms with Crippen LogP contribution in [-0.2, 0) is 19.6 Å². The van der Waals surface area contributed by atoms with Crippen LogP contribution in [-0.4, -0.2) is 37.2 Å². The van der Waals surface area contributed by atoms with Gasteiger partial charge < -0.3 is 14.1 Å². The summed E-state index contributed by atoms with van der Waals surface area (Å²) < 4.78 is 12.9. The first-order chi connectivity index (χ1) is 20.1. The molecule has 1 atom stereocenters. The topological polar surface area (TPSA) is 102 Å². The minimum Gasteiger partial charge on any atom is -0.497 e. The van der Waals surface area contributed by atoms with Gasteiger partial charge in [0.2, 0.25) is 0 Å². The number of methoxy groups -OCH3 is 1. The number of hydrogen-bond acceptors (Lipinski definition) is 7. The molecule has 0 bridgehead atoms. The third-order valence-electron chi connectivity index (χ3n) is 7.15. The van der Waals surface area contributed by atoms with Gasteiger partial charge in [0.25, 0.3) is 5.56 Å². The third-order valence-corrected chi connectivity index (χ3v) is 7.15. The molecule has 0 radical (unpaired) electrons. The number of fused-ring (bicyclic) bond motifs is 1. The molecule has 0 aliphatic rings. The smallest absolute Gasteiger partial charge is 0.253 e. The summed E-state index contributed by atoms with van der Waals surface area (Å²) in [5.74, 6) is 2.10. The molecule has 9 nitrogen and oxygen atoms in total. The van der Waals surface area contributed by atoms with E-state index in [1.165, 1.54) is 0 Å². The van der Waals surface area contributed by atoms with E-state index >= 15 is 0 Å². The Morgan fingerprint density at radius 1 is 0.951 bits per heavy atom. The fourth-order valence-corrected chi connectivity index (χ4v) is 5.12. The predicted octanol–water partition coefficient (Wildman–Crippen LogP) is 5.26. The van der Waals surface area contributed by atoms with Crippen LogP contribution in [0.1, 0.15) is 39.9 Å². The molecule has 0 aliphatic carbocycles. The Bertz CT molecular complexity index is 1790. The zero-order chi connectivity index (χ0) is 28.2. The molecule has 3 aromatic carbocycles. The van der Waals surface area contributed by atoms with Gasteiger partial charge in [-0.25, -0.2) is 4.68 Å². The fraction of sp³-hybridized carbons (Fsp3) is 0.188. The molecule has 6 rings (SSSR count). The standard InChI is InChI=1S/C32H30N6O3/c1-22-10-13-25-18-28(32(39)33-29(25)17-22)30(31-34-35-36-38(31)20-23-7-4-3-5-8-23)37(21-27-9-6-16-41-27)19-24-11-14-26(40-2)15-12-24/h3-18,30H,19-21H2,1-2H3,(H,33,39)/t30-/m1/s1. The molecule has 0 spiro atoms. The van der Waals surface area contributed by atoms with Crippen LogP contribution in [0.3, 0.4) is 0 Å². The Hall–Kier alpha value is -5.02. The molecule has 0 unspecified atom stereocenters. The van der Waals surface area contributed by atoms with Crippen molar-refractivity contribution in [3.05, 3.63) is 141 Å². The molecule has 6 aromatic rings. The maximum absolute atomic E-state index is 13.8. The molecule has 0 fully saturated rings. The number of benzene rings is 3. The number of aromatic nitrogens is 5. The molecular weight excluding hydrogens is 516 g/mol. The van der Waals surface area contributed by atoms with E-state index in [1.807, 2.05) is 97.9 Å². The molecule has 0 aliphatic heterocycles. The van der Waals surface area contributed by atoms with Gasteiger partial charge in [0.05, 0.1) is 26.5 Å². The molecular formula is C32H30N6O3. The Balaban J connectivity index is 1.51. The molecule has 0 saturated carbocycles. The lowest BCUT2D eigenvalue weighted by Gasteiger charge is -2.30. The Morgan fingerprint density at radius 3 is 2.54 bits per heavy atom. The molecule has 3 heterocycles. The van der Waals surface area contributed by atoms with E-state index in [9.17, 15) is 4.79 Å². The van der Waals surface area contributed by atoms with Gasteiger partial charge in [-0.3, -0.25) is 9.69 Å². The van der Waals surface area contributed by atoms with Gasteiger partial charge in [-0.2, -0.15) is 0 Å². The van der Waals surface area contributed by atoms with Crippen LogP contribution >= 0.6 is 0 Å². The highest BCUT2D eigenvalue weighted by Gasteiger charge is 2.31. The van der Waals surface area contributed by atoms with E-state index in [1.54, 1.807) is 18.1 Å². The van der Waals surface area contributed by atoms with Crippen molar-refractivity contribution < 1.29 is 9.15 Å². The number of ether oxygens (including phenoxy) is 1. The molecule has 206 valence electrons. The quantitative estimate of drug-likeness (QED) is 0.250. The van der Waals surface area contributed by atoms with Crippen LogP contribution in [0.25, 0.3) is 10.9 Å². The highest BCUT2D eigenvalue weighted by atomic mass is 16.5. The van der Waals surface area contributed by atoms with Gasteiger partial charge in [-0.05, 0) is 75.8 Å². The van der Waals surface area contributed by atoms with Crippen molar-refractivity contribution in [3.63, 3.8) is 0 Å². The Labute approximate surface area is 237 Å². The number of hydrogen-bond donors (Lipinski definition) is 1. The summed E-state index contributed by atoms with van der Waals surface area (Å²) in [5, 5.41) is 13.8. The lowest BCUT2D eigenvalue weighted by molar-refractivity contribution is 0.179. The van der Waals surface area contributed by atoms with E-state index in [2.05, 4.69) is 25.4 Å². The molecule has 0 saturated heterocycles. The van der Waals surface area contributed by atoms with E-state index in [-0.39, 0.29) is 5.56 Å². The number of nitrogens with one attached hydrogen (secondary N) is 1. The van der Waals surface area contributed by atoms with Gasteiger partial charge in [0, 0.05) is 17.6 Å². The summed E-state index contributed by atoms with van der Waals surface area (Å²) in [5.41, 5.74) is 4.30. The Morgan fingerprint density at radius 2 is 1.78 bits per heavy atom. The normalized spacial score (nSPS) is 12.2. The van der Waals surface area contributed by atoms with Crippen molar-refractivity contribution in [2.75, 3.05) is 7.11 Å². The van der Waals surface area contributed by atoms with Crippen molar-refractivity contribution in [1.29, 1.82) is 0 Å². The number of nitrogens with zero attached hydrogens (tertiary/aromatic N) is 5. The minimum atomic E-state index is -0.588. The highest BCUT2D eigenvalue weighted by molar-refractivity contribution is 5.79. The number of tetrazole rings is 1. The van der Waals surface area contributed by atoms with Crippen LogP contribution in [0.2, 0.25) is 0 Å². The largest absolute Gasteiger partial charge is 0.497 e. The van der Waals surface area contributed by atoms with Gasteiger partial charge in [-0.1, -0.05) is 54.6 Å². The zero-order valence-corrected chi connectivity index (χ0v) is 22.9. The first kappa shape index (κ1) is 26.2. The van der Waals surface area contributed by atoms with Crippen LogP contribution in [0.5, 0.6) is 5.75 Å². The number of H-pyrrole nitrogens is 1. The van der Waals surface area contributed by atoms with E-state index < -0.39 is 6.04 Å². The average Bonchev–Trinajstić information content (AvgIpc) is 3.67. The molecule has 41 heavy (non-hydrogen) atoms. The summed E-state index contributed by atoms with van der Waals surface area (Å²) in [7, 11) is 1.65. The highest BCUT2D eigenvalue weighted by Crippen LogP contribution is 2.31. The van der Waals surface area contributed by atoms with Crippen LogP contribution < -0.4 is 10.3 Å². The van der Waals surface area contributed by atoms with E-state index in [0.717, 1.165) is 39.1 Å². The van der Waals surface area contributed by atoms with Crippen LogP contribution in [0.4, 0.5) is 0 Å². The first-order valence-corrected chi connectivity index (χ1v) is 13.4. The summed E-state index contributed by atoms with van der Waals surface area (Å²) in [6.45, 7) is 3.39. The maximum Gasteiger partial charge on any atom is 0.253 e. The number of aromatic amines is 1. The van der Waals surface area contributed by atoms with Crippen molar-refractivity contribution in [2.24, 2.45) is 0 Å². The Kier molecular flexibility index (Phi) is 7.42. The van der Waals surface area contributed by atoms with Crippen molar-refractivity contribution in [3.8, 4) is 5.75 Å². The second-order valence-corrected chi connectivity index (χ2v) is 10.1. The molecule has 3 aromatic heterocycles. The minimum absolute atomic E-state index is 0.193. The molecule has 9 heteroatoms. The van der Waals surface area contributed by atoms with Crippen LogP contribution in [0.15, 0.2) is 106 Å². The second-order valence-electron chi connectivity index (χ2n) is 10.1. The first-order valence-electron chi connectivity index (χ1n) is 13.4. The number of pyridine rings is 1. The summed E-state index contributed by atoms with van der Waals surface area (Å²) in [6.07, 6.45) is 1.65.